The standard InChI is InChI=1S/C16H10BrNO3/c17-16(18(19)20)10-12-8-9-15(21-12)14-7-3-5-11-4-1-2-6-13(11)14/h1-10H. The van der Waals surface area contributed by atoms with Gasteiger partial charge in [-0.05, 0) is 22.9 Å². The highest BCUT2D eigenvalue weighted by Gasteiger charge is 2.10. The van der Waals surface area contributed by atoms with Gasteiger partial charge < -0.3 is 4.42 Å². The molecule has 0 radical (unpaired) electrons. The minimum absolute atomic E-state index is 0.138. The quantitative estimate of drug-likeness (QED) is 0.379. The molecule has 0 N–H and O–H groups in total. The summed E-state index contributed by atoms with van der Waals surface area (Å²) in [4.78, 5) is 10.1. The van der Waals surface area contributed by atoms with Crippen molar-refractivity contribution in [2.24, 2.45) is 0 Å². The first-order valence-electron chi connectivity index (χ1n) is 6.25. The molecule has 4 nitrogen and oxygen atoms in total. The van der Waals surface area contributed by atoms with Crippen LogP contribution in [-0.4, -0.2) is 4.92 Å². The van der Waals surface area contributed by atoms with Gasteiger partial charge in [0.25, 0.3) is 0 Å². The average molecular weight is 344 g/mol. The van der Waals surface area contributed by atoms with E-state index in [2.05, 4.69) is 15.9 Å². The lowest BCUT2D eigenvalue weighted by molar-refractivity contribution is -0.407. The summed E-state index contributed by atoms with van der Waals surface area (Å²) in [5, 5.41) is 12.8. The molecule has 3 aromatic rings. The molecule has 104 valence electrons. The Bertz CT molecular complexity index is 846. The summed E-state index contributed by atoms with van der Waals surface area (Å²) in [5.74, 6) is 1.11. The van der Waals surface area contributed by atoms with Gasteiger partial charge in [0, 0.05) is 21.5 Å². The number of fused-ring (bicyclic) bond motifs is 1. The number of halogens is 1. The lowest BCUT2D eigenvalue weighted by atomic mass is 10.0. The number of benzene rings is 2. The topological polar surface area (TPSA) is 56.3 Å². The van der Waals surface area contributed by atoms with Crippen LogP contribution in [0.4, 0.5) is 0 Å². The predicted molar refractivity (Wildman–Crippen MR) is 85.5 cm³/mol. The molecule has 0 atom stereocenters. The van der Waals surface area contributed by atoms with Crippen molar-refractivity contribution in [2.75, 3.05) is 0 Å². The van der Waals surface area contributed by atoms with E-state index in [1.165, 1.54) is 6.08 Å². The minimum atomic E-state index is -0.514. The van der Waals surface area contributed by atoms with E-state index in [1.54, 1.807) is 6.07 Å². The minimum Gasteiger partial charge on any atom is -0.456 e. The Hall–Kier alpha value is -2.40. The molecular formula is C16H10BrNO3. The molecule has 0 amide bonds. The zero-order chi connectivity index (χ0) is 14.8. The molecule has 1 heterocycles. The second-order valence-corrected chi connectivity index (χ2v) is 5.27. The molecule has 0 aliphatic heterocycles. The van der Waals surface area contributed by atoms with E-state index in [-0.39, 0.29) is 4.61 Å². The normalized spacial score (nSPS) is 11.8. The van der Waals surface area contributed by atoms with Crippen LogP contribution in [0.2, 0.25) is 0 Å². The van der Waals surface area contributed by atoms with Crippen LogP contribution in [0.3, 0.4) is 0 Å². The van der Waals surface area contributed by atoms with Gasteiger partial charge >= 0.3 is 4.61 Å². The van der Waals surface area contributed by atoms with Crippen LogP contribution in [0, 0.1) is 10.1 Å². The number of nitrogens with zero attached hydrogens (tertiary/aromatic N) is 1. The Labute approximate surface area is 129 Å². The first-order valence-corrected chi connectivity index (χ1v) is 7.04. The molecule has 1 aromatic heterocycles. The fraction of sp³-hybridized carbons (Fsp3) is 0. The third kappa shape index (κ3) is 2.73. The van der Waals surface area contributed by atoms with Crippen molar-refractivity contribution >= 4 is 32.8 Å². The largest absolute Gasteiger partial charge is 0.456 e. The van der Waals surface area contributed by atoms with Crippen molar-refractivity contribution in [3.05, 3.63) is 75.1 Å². The summed E-state index contributed by atoms with van der Waals surface area (Å²) in [6.07, 6.45) is 1.34. The number of rotatable bonds is 3. The van der Waals surface area contributed by atoms with Crippen molar-refractivity contribution < 1.29 is 9.34 Å². The zero-order valence-corrected chi connectivity index (χ0v) is 12.4. The second-order valence-electron chi connectivity index (χ2n) is 4.45. The van der Waals surface area contributed by atoms with Crippen LogP contribution >= 0.6 is 15.9 Å². The smallest absolute Gasteiger partial charge is 0.314 e. The molecule has 0 aliphatic carbocycles. The van der Waals surface area contributed by atoms with Crippen LogP contribution in [0.15, 0.2) is 63.6 Å². The van der Waals surface area contributed by atoms with Crippen LogP contribution in [-0.2, 0) is 0 Å². The molecule has 3 rings (SSSR count). The van der Waals surface area contributed by atoms with Gasteiger partial charge in [-0.3, -0.25) is 10.1 Å². The number of hydrogen-bond acceptors (Lipinski definition) is 3. The van der Waals surface area contributed by atoms with Gasteiger partial charge in [0.05, 0.1) is 11.0 Å². The molecule has 0 saturated heterocycles. The summed E-state index contributed by atoms with van der Waals surface area (Å²) < 4.78 is 5.55. The summed E-state index contributed by atoms with van der Waals surface area (Å²) in [5.41, 5.74) is 0.963. The Morgan fingerprint density at radius 1 is 1.10 bits per heavy atom. The summed E-state index contributed by atoms with van der Waals surface area (Å²) in [7, 11) is 0. The molecule has 0 aliphatic rings. The van der Waals surface area contributed by atoms with Gasteiger partial charge in [0.1, 0.15) is 11.5 Å². The fourth-order valence-electron chi connectivity index (χ4n) is 2.19. The van der Waals surface area contributed by atoms with Gasteiger partial charge in [-0.25, -0.2) is 0 Å². The molecule has 5 heteroatoms. The van der Waals surface area contributed by atoms with Crippen LogP contribution < -0.4 is 0 Å². The third-order valence-electron chi connectivity index (χ3n) is 3.12. The van der Waals surface area contributed by atoms with Gasteiger partial charge in [0.15, 0.2) is 0 Å². The van der Waals surface area contributed by atoms with Gasteiger partial charge in [-0.2, -0.15) is 0 Å². The highest BCUT2D eigenvalue weighted by molar-refractivity contribution is 9.11. The Morgan fingerprint density at radius 2 is 1.86 bits per heavy atom. The molecule has 21 heavy (non-hydrogen) atoms. The van der Waals surface area contributed by atoms with Crippen molar-refractivity contribution in [3.8, 4) is 11.3 Å². The molecule has 0 bridgehead atoms. The molecule has 0 spiro atoms. The lowest BCUT2D eigenvalue weighted by Gasteiger charge is -2.03. The van der Waals surface area contributed by atoms with Gasteiger partial charge in [-0.15, -0.1) is 0 Å². The molecule has 0 unspecified atom stereocenters. The van der Waals surface area contributed by atoms with Gasteiger partial charge in [0.2, 0.25) is 0 Å². The maximum absolute atomic E-state index is 10.6. The fourth-order valence-corrected chi connectivity index (χ4v) is 2.41. The Kier molecular flexibility index (Phi) is 3.58. The lowest BCUT2D eigenvalue weighted by Crippen LogP contribution is -1.89. The van der Waals surface area contributed by atoms with Crippen LogP contribution in [0.5, 0.6) is 0 Å². The highest BCUT2D eigenvalue weighted by atomic mass is 79.9. The molecule has 2 aromatic carbocycles. The molecule has 0 fully saturated rings. The van der Waals surface area contributed by atoms with E-state index in [9.17, 15) is 10.1 Å². The Balaban J connectivity index is 2.07. The summed E-state index contributed by atoms with van der Waals surface area (Å²) in [6, 6.07) is 17.5. The Morgan fingerprint density at radius 3 is 2.67 bits per heavy atom. The maximum atomic E-state index is 10.6. The summed E-state index contributed by atoms with van der Waals surface area (Å²) in [6.45, 7) is 0. The van der Waals surface area contributed by atoms with E-state index >= 15 is 0 Å². The average Bonchev–Trinajstić information content (AvgIpc) is 2.95. The van der Waals surface area contributed by atoms with E-state index in [4.69, 9.17) is 4.42 Å². The number of furan rings is 1. The van der Waals surface area contributed by atoms with E-state index in [0.29, 0.717) is 11.5 Å². The zero-order valence-electron chi connectivity index (χ0n) is 10.8. The maximum Gasteiger partial charge on any atom is 0.314 e. The summed E-state index contributed by atoms with van der Waals surface area (Å²) >= 11 is 2.89. The van der Waals surface area contributed by atoms with Crippen LogP contribution in [0.1, 0.15) is 5.76 Å². The van der Waals surface area contributed by atoms with E-state index in [1.807, 2.05) is 48.5 Å². The van der Waals surface area contributed by atoms with Crippen LogP contribution in [0.25, 0.3) is 28.2 Å². The van der Waals surface area contributed by atoms with Gasteiger partial charge in [-0.1, -0.05) is 42.5 Å². The van der Waals surface area contributed by atoms with Crippen molar-refractivity contribution in [3.63, 3.8) is 0 Å². The first-order chi connectivity index (χ1) is 10.1. The van der Waals surface area contributed by atoms with Crippen molar-refractivity contribution in [1.29, 1.82) is 0 Å². The monoisotopic (exact) mass is 343 g/mol. The molecular weight excluding hydrogens is 334 g/mol. The van der Waals surface area contributed by atoms with Crippen molar-refractivity contribution in [2.45, 2.75) is 0 Å². The molecule has 0 saturated carbocycles. The predicted octanol–water partition coefficient (Wildman–Crippen LogP) is 5.07. The third-order valence-corrected chi connectivity index (χ3v) is 3.64. The SMILES string of the molecule is O=[N+]([O-])C(Br)=Cc1ccc(-c2cccc3ccccc23)o1. The number of nitro groups is 1. The highest BCUT2D eigenvalue weighted by Crippen LogP contribution is 2.30. The van der Waals surface area contributed by atoms with E-state index < -0.39 is 4.92 Å². The van der Waals surface area contributed by atoms with Crippen molar-refractivity contribution in [1.82, 2.24) is 0 Å². The second kappa shape index (κ2) is 5.54. The first kappa shape index (κ1) is 13.6. The number of hydrogen-bond donors (Lipinski definition) is 0. The van der Waals surface area contributed by atoms with E-state index in [0.717, 1.165) is 16.3 Å².